The van der Waals surface area contributed by atoms with Crippen LogP contribution in [0.1, 0.15) is 32.1 Å². The lowest BCUT2D eigenvalue weighted by atomic mass is 10.1. The third-order valence-electron chi connectivity index (χ3n) is 2.53. The van der Waals surface area contributed by atoms with E-state index in [9.17, 15) is 4.79 Å². The molecule has 0 bridgehead atoms. The minimum absolute atomic E-state index is 0.0403. The highest BCUT2D eigenvalue weighted by molar-refractivity contribution is 5.92. The molecule has 1 amide bonds. The van der Waals surface area contributed by atoms with E-state index in [4.69, 9.17) is 4.74 Å². The first-order valence-corrected chi connectivity index (χ1v) is 6.00. The Hall–Kier alpha value is -1.51. The molecular weight excluding hydrogens is 214 g/mol. The Labute approximate surface area is 103 Å². The fraction of sp³-hybridized carbons (Fsp3) is 0.429. The van der Waals surface area contributed by atoms with E-state index in [-0.39, 0.29) is 5.91 Å². The summed E-state index contributed by atoms with van der Waals surface area (Å²) < 4.78 is 5.17. The number of hydrogen-bond acceptors (Lipinski definition) is 2. The van der Waals surface area contributed by atoms with Gasteiger partial charge in [-0.3, -0.25) is 4.79 Å². The zero-order valence-electron chi connectivity index (χ0n) is 10.4. The molecule has 93 valence electrons. The van der Waals surface area contributed by atoms with Crippen molar-refractivity contribution in [3.8, 4) is 5.75 Å². The Morgan fingerprint density at radius 2 is 2.06 bits per heavy atom. The number of rotatable bonds is 7. The predicted molar refractivity (Wildman–Crippen MR) is 70.1 cm³/mol. The number of carbonyl (C=O) groups excluding carboxylic acids is 1. The van der Waals surface area contributed by atoms with Gasteiger partial charge in [-0.1, -0.05) is 38.3 Å². The summed E-state index contributed by atoms with van der Waals surface area (Å²) in [5.74, 6) is 0.733. The summed E-state index contributed by atoms with van der Waals surface area (Å²) in [6.07, 6.45) is 4.55. The predicted octanol–water partition coefficient (Wildman–Crippen LogP) is 3.42. The molecule has 0 unspecified atom stereocenters. The molecule has 1 rings (SSSR count). The summed E-state index contributed by atoms with van der Waals surface area (Å²) in [5, 5.41) is 2.86. The van der Waals surface area contributed by atoms with Gasteiger partial charge < -0.3 is 10.1 Å². The molecule has 0 aliphatic carbocycles. The van der Waals surface area contributed by atoms with E-state index >= 15 is 0 Å². The number of benzene rings is 1. The average molecular weight is 234 g/mol. The van der Waals surface area contributed by atoms with Crippen LogP contribution in [0.15, 0.2) is 24.3 Å². The second-order valence-electron chi connectivity index (χ2n) is 3.91. The van der Waals surface area contributed by atoms with Crippen LogP contribution in [-0.4, -0.2) is 13.0 Å². The Bertz CT molecular complexity index is 350. The molecule has 1 aromatic carbocycles. The molecule has 1 N–H and O–H groups in total. The van der Waals surface area contributed by atoms with Crippen molar-refractivity contribution in [2.45, 2.75) is 32.1 Å². The summed E-state index contributed by atoms with van der Waals surface area (Å²) in [5.41, 5.74) is 0.733. The van der Waals surface area contributed by atoms with Crippen LogP contribution < -0.4 is 10.1 Å². The third-order valence-corrected chi connectivity index (χ3v) is 2.53. The summed E-state index contributed by atoms with van der Waals surface area (Å²) in [7, 11) is 1.60. The molecular formula is C14H20NO2. The first kappa shape index (κ1) is 13.6. The minimum Gasteiger partial charge on any atom is -0.495 e. The minimum atomic E-state index is 0.0403. The van der Waals surface area contributed by atoms with Crippen molar-refractivity contribution in [2.75, 3.05) is 12.4 Å². The van der Waals surface area contributed by atoms with Gasteiger partial charge in [-0.25, -0.2) is 0 Å². The van der Waals surface area contributed by atoms with E-state index in [0.29, 0.717) is 12.2 Å². The second-order valence-corrected chi connectivity index (χ2v) is 3.91. The fourth-order valence-corrected chi connectivity index (χ4v) is 1.60. The van der Waals surface area contributed by atoms with Gasteiger partial charge in [0.05, 0.1) is 12.8 Å². The van der Waals surface area contributed by atoms with Crippen molar-refractivity contribution in [3.63, 3.8) is 0 Å². The molecule has 0 aliphatic heterocycles. The highest BCUT2D eigenvalue weighted by atomic mass is 16.5. The number of hydrogen-bond donors (Lipinski definition) is 1. The molecule has 0 heterocycles. The van der Waals surface area contributed by atoms with Crippen LogP contribution in [0.25, 0.3) is 0 Å². The number of methoxy groups -OCH3 is 1. The normalized spacial score (nSPS) is 10.0. The topological polar surface area (TPSA) is 38.3 Å². The van der Waals surface area contributed by atoms with Crippen molar-refractivity contribution in [1.29, 1.82) is 0 Å². The SMILES string of the molecule is [CH2]CCCCCC(=O)Nc1ccccc1OC. The lowest BCUT2D eigenvalue weighted by Crippen LogP contribution is -2.11. The molecule has 0 saturated carbocycles. The lowest BCUT2D eigenvalue weighted by Gasteiger charge is -2.09. The molecule has 0 fully saturated rings. The van der Waals surface area contributed by atoms with Crippen LogP contribution in [0.5, 0.6) is 5.75 Å². The number of amides is 1. The summed E-state index contributed by atoms with van der Waals surface area (Å²) in [4.78, 5) is 11.7. The van der Waals surface area contributed by atoms with Gasteiger partial charge in [0, 0.05) is 6.42 Å². The van der Waals surface area contributed by atoms with Crippen LogP contribution in [0.3, 0.4) is 0 Å². The third kappa shape index (κ3) is 4.89. The van der Waals surface area contributed by atoms with Crippen molar-refractivity contribution in [2.24, 2.45) is 0 Å². The summed E-state index contributed by atoms with van der Waals surface area (Å²) in [6, 6.07) is 7.43. The maximum atomic E-state index is 11.7. The van der Waals surface area contributed by atoms with Crippen LogP contribution in [-0.2, 0) is 4.79 Å². The Balaban J connectivity index is 2.39. The molecule has 0 spiro atoms. The molecule has 17 heavy (non-hydrogen) atoms. The summed E-state index contributed by atoms with van der Waals surface area (Å²) >= 11 is 0. The number of unbranched alkanes of at least 4 members (excludes halogenated alkanes) is 3. The quantitative estimate of drug-likeness (QED) is 0.734. The Kier molecular flexibility index (Phi) is 6.15. The number of anilines is 1. The average Bonchev–Trinajstić information content (AvgIpc) is 2.35. The van der Waals surface area contributed by atoms with Gasteiger partial charge in [0.1, 0.15) is 5.75 Å². The van der Waals surface area contributed by atoms with E-state index in [1.54, 1.807) is 7.11 Å². The van der Waals surface area contributed by atoms with E-state index in [2.05, 4.69) is 12.2 Å². The molecule has 3 heteroatoms. The number of para-hydroxylation sites is 2. The zero-order valence-corrected chi connectivity index (χ0v) is 10.4. The van der Waals surface area contributed by atoms with Crippen LogP contribution in [0.2, 0.25) is 0 Å². The molecule has 0 aromatic heterocycles. The van der Waals surface area contributed by atoms with Crippen LogP contribution in [0, 0.1) is 6.92 Å². The molecule has 0 saturated heterocycles. The van der Waals surface area contributed by atoms with Crippen molar-refractivity contribution in [3.05, 3.63) is 31.2 Å². The number of carbonyl (C=O) groups is 1. The lowest BCUT2D eigenvalue weighted by molar-refractivity contribution is -0.116. The van der Waals surface area contributed by atoms with Gasteiger partial charge in [0.15, 0.2) is 0 Å². The van der Waals surface area contributed by atoms with Gasteiger partial charge in [-0.15, -0.1) is 0 Å². The summed E-state index contributed by atoms with van der Waals surface area (Å²) in [6.45, 7) is 3.78. The first-order valence-electron chi connectivity index (χ1n) is 6.00. The van der Waals surface area contributed by atoms with Gasteiger partial charge in [-0.05, 0) is 18.6 Å². The van der Waals surface area contributed by atoms with Gasteiger partial charge in [-0.2, -0.15) is 0 Å². The highest BCUT2D eigenvalue weighted by Crippen LogP contribution is 2.23. The Morgan fingerprint density at radius 1 is 1.29 bits per heavy atom. The molecule has 0 atom stereocenters. The van der Waals surface area contributed by atoms with Gasteiger partial charge >= 0.3 is 0 Å². The largest absolute Gasteiger partial charge is 0.495 e. The van der Waals surface area contributed by atoms with E-state index < -0.39 is 0 Å². The fourth-order valence-electron chi connectivity index (χ4n) is 1.60. The number of ether oxygens (including phenoxy) is 1. The van der Waals surface area contributed by atoms with Crippen LogP contribution in [0.4, 0.5) is 5.69 Å². The molecule has 0 aliphatic rings. The van der Waals surface area contributed by atoms with Crippen LogP contribution >= 0.6 is 0 Å². The maximum Gasteiger partial charge on any atom is 0.224 e. The first-order chi connectivity index (χ1) is 8.27. The van der Waals surface area contributed by atoms with E-state index in [1.807, 2.05) is 24.3 Å². The standard InChI is InChI=1S/C14H20NO2/c1-3-4-5-6-11-14(16)15-12-9-7-8-10-13(12)17-2/h7-10H,1,3-6,11H2,2H3,(H,15,16). The van der Waals surface area contributed by atoms with Crippen molar-refractivity contribution >= 4 is 11.6 Å². The van der Waals surface area contributed by atoms with Crippen molar-refractivity contribution < 1.29 is 9.53 Å². The van der Waals surface area contributed by atoms with Gasteiger partial charge in [0.25, 0.3) is 0 Å². The molecule has 1 aromatic rings. The molecule has 3 nitrogen and oxygen atoms in total. The monoisotopic (exact) mass is 234 g/mol. The maximum absolute atomic E-state index is 11.7. The second kappa shape index (κ2) is 7.71. The highest BCUT2D eigenvalue weighted by Gasteiger charge is 2.05. The Morgan fingerprint density at radius 3 is 2.76 bits per heavy atom. The smallest absolute Gasteiger partial charge is 0.224 e. The van der Waals surface area contributed by atoms with Gasteiger partial charge in [0.2, 0.25) is 5.91 Å². The molecule has 1 radical (unpaired) electrons. The number of nitrogens with one attached hydrogen (secondary N) is 1. The van der Waals surface area contributed by atoms with E-state index in [1.165, 1.54) is 0 Å². The van der Waals surface area contributed by atoms with E-state index in [0.717, 1.165) is 31.4 Å². The van der Waals surface area contributed by atoms with Crippen molar-refractivity contribution in [1.82, 2.24) is 0 Å². The zero-order chi connectivity index (χ0) is 12.5.